The molecule has 2 aromatic carbocycles. The van der Waals surface area contributed by atoms with Gasteiger partial charge in [0.2, 0.25) is 0 Å². The van der Waals surface area contributed by atoms with Gasteiger partial charge in [-0.25, -0.2) is 15.8 Å². The lowest BCUT2D eigenvalue weighted by Gasteiger charge is -2.25. The number of pyridine rings is 1. The number of anilines is 1. The second-order valence-corrected chi connectivity index (χ2v) is 8.09. The molecule has 11 heteroatoms. The van der Waals surface area contributed by atoms with Gasteiger partial charge in [0.05, 0.1) is 16.8 Å². The van der Waals surface area contributed by atoms with Crippen LogP contribution in [0.2, 0.25) is 5.02 Å². The highest BCUT2D eigenvalue weighted by molar-refractivity contribution is 6.34. The number of H-pyrrole nitrogens is 1. The average molecular weight is 513 g/mol. The molecular weight excluding hydrogens is 491 g/mol. The fourth-order valence-corrected chi connectivity index (χ4v) is 3.58. The standard InChI is InChI=1S/C24H21ClN6O3.ClH/c1-13(15-6-4-3-5-7-15)31(26)24(34)16-8-9-19(25)20(11-16)29-22(32)18-10-17-12-27-14(2)28-21(17)30-23(18)33;/h3-13H,26H2,1-2H3,(H,29,32)(H,27,28,30,33);1H. The highest BCUT2D eigenvalue weighted by Crippen LogP contribution is 2.26. The number of carbonyl (C=O) groups is 2. The molecule has 4 aromatic rings. The van der Waals surface area contributed by atoms with Crippen LogP contribution in [0.5, 0.6) is 0 Å². The zero-order valence-corrected chi connectivity index (χ0v) is 20.4. The van der Waals surface area contributed by atoms with Gasteiger partial charge >= 0.3 is 0 Å². The van der Waals surface area contributed by atoms with E-state index in [-0.39, 0.29) is 40.3 Å². The summed E-state index contributed by atoms with van der Waals surface area (Å²) >= 11 is 6.25. The number of hydrogen-bond donors (Lipinski definition) is 3. The third-order valence-electron chi connectivity index (χ3n) is 5.35. The molecule has 1 unspecified atom stereocenters. The lowest BCUT2D eigenvalue weighted by atomic mass is 10.1. The van der Waals surface area contributed by atoms with Gasteiger partial charge in [0.25, 0.3) is 17.4 Å². The predicted molar refractivity (Wildman–Crippen MR) is 137 cm³/mol. The SMILES string of the molecule is Cc1ncc2cc(C(=O)Nc3cc(C(=O)N(N)C(C)c4ccccc4)ccc3Cl)c(=O)[nH]c2n1.Cl. The van der Waals surface area contributed by atoms with Crippen LogP contribution in [0.3, 0.4) is 0 Å². The van der Waals surface area contributed by atoms with Crippen LogP contribution in [-0.4, -0.2) is 31.8 Å². The molecular formula is C24H22Cl2N6O3. The Balaban J connectivity index is 0.00000342. The number of nitrogens with zero attached hydrogens (tertiary/aromatic N) is 3. The van der Waals surface area contributed by atoms with Gasteiger partial charge in [0.1, 0.15) is 17.0 Å². The van der Waals surface area contributed by atoms with Crippen molar-refractivity contribution < 1.29 is 9.59 Å². The molecule has 2 amide bonds. The number of halogens is 2. The van der Waals surface area contributed by atoms with Crippen molar-refractivity contribution >= 4 is 52.5 Å². The van der Waals surface area contributed by atoms with Gasteiger partial charge in [-0.1, -0.05) is 41.9 Å². The fourth-order valence-electron chi connectivity index (χ4n) is 3.41. The fraction of sp³-hybridized carbons (Fsp3) is 0.125. The van der Waals surface area contributed by atoms with Crippen molar-refractivity contribution in [1.29, 1.82) is 0 Å². The van der Waals surface area contributed by atoms with E-state index in [0.29, 0.717) is 16.9 Å². The minimum Gasteiger partial charge on any atom is -0.320 e. The minimum absolute atomic E-state index is 0. The van der Waals surface area contributed by atoms with Crippen molar-refractivity contribution in [1.82, 2.24) is 20.0 Å². The van der Waals surface area contributed by atoms with E-state index in [9.17, 15) is 14.4 Å². The normalized spacial score (nSPS) is 11.4. The predicted octanol–water partition coefficient (Wildman–Crippen LogP) is 4.03. The number of aryl methyl sites for hydroxylation is 1. The molecule has 0 saturated carbocycles. The lowest BCUT2D eigenvalue weighted by Crippen LogP contribution is -2.39. The zero-order valence-electron chi connectivity index (χ0n) is 18.8. The molecule has 0 spiro atoms. The lowest BCUT2D eigenvalue weighted by molar-refractivity contribution is 0.0690. The number of aromatic nitrogens is 3. The number of nitrogens with two attached hydrogens (primary N) is 1. The second-order valence-electron chi connectivity index (χ2n) is 7.68. The van der Waals surface area contributed by atoms with Crippen LogP contribution >= 0.6 is 24.0 Å². The molecule has 4 N–H and O–H groups in total. The summed E-state index contributed by atoms with van der Waals surface area (Å²) in [5.74, 6) is 5.43. The van der Waals surface area contributed by atoms with Gasteiger partial charge in [0.15, 0.2) is 0 Å². The van der Waals surface area contributed by atoms with Gasteiger partial charge in [-0.2, -0.15) is 0 Å². The number of hydrazine groups is 1. The Morgan fingerprint density at radius 1 is 1.14 bits per heavy atom. The maximum Gasteiger partial charge on any atom is 0.268 e. The molecule has 180 valence electrons. The van der Waals surface area contributed by atoms with Gasteiger partial charge in [-0.05, 0) is 43.7 Å². The number of benzene rings is 2. The van der Waals surface area contributed by atoms with E-state index in [2.05, 4.69) is 20.3 Å². The van der Waals surface area contributed by atoms with Crippen LogP contribution in [-0.2, 0) is 0 Å². The van der Waals surface area contributed by atoms with Gasteiger partial charge < -0.3 is 10.3 Å². The largest absolute Gasteiger partial charge is 0.320 e. The first-order chi connectivity index (χ1) is 16.2. The Morgan fingerprint density at radius 2 is 1.86 bits per heavy atom. The quantitative estimate of drug-likeness (QED) is 0.210. The monoisotopic (exact) mass is 512 g/mol. The summed E-state index contributed by atoms with van der Waals surface area (Å²) < 4.78 is 0. The van der Waals surface area contributed by atoms with E-state index in [4.69, 9.17) is 17.4 Å². The molecule has 0 bridgehead atoms. The molecule has 0 aliphatic carbocycles. The summed E-state index contributed by atoms with van der Waals surface area (Å²) in [6.07, 6.45) is 1.51. The third kappa shape index (κ3) is 5.48. The van der Waals surface area contributed by atoms with Crippen LogP contribution in [0.15, 0.2) is 65.6 Å². The summed E-state index contributed by atoms with van der Waals surface area (Å²) in [7, 11) is 0. The number of rotatable bonds is 5. The van der Waals surface area contributed by atoms with E-state index in [0.717, 1.165) is 10.6 Å². The molecule has 35 heavy (non-hydrogen) atoms. The van der Waals surface area contributed by atoms with E-state index in [1.165, 1.54) is 30.5 Å². The average Bonchev–Trinajstić information content (AvgIpc) is 2.84. The Morgan fingerprint density at radius 3 is 2.57 bits per heavy atom. The summed E-state index contributed by atoms with van der Waals surface area (Å²) in [6.45, 7) is 3.50. The molecule has 9 nitrogen and oxygen atoms in total. The Labute approximate surface area is 211 Å². The van der Waals surface area contributed by atoms with Crippen molar-refractivity contribution in [3.8, 4) is 0 Å². The highest BCUT2D eigenvalue weighted by atomic mass is 35.5. The highest BCUT2D eigenvalue weighted by Gasteiger charge is 2.21. The Bertz CT molecular complexity index is 1460. The minimum atomic E-state index is -0.697. The van der Waals surface area contributed by atoms with Gasteiger partial charge in [0, 0.05) is 17.1 Å². The van der Waals surface area contributed by atoms with Crippen LogP contribution in [0.25, 0.3) is 11.0 Å². The van der Waals surface area contributed by atoms with Crippen molar-refractivity contribution in [3.63, 3.8) is 0 Å². The third-order valence-corrected chi connectivity index (χ3v) is 5.68. The first-order valence-electron chi connectivity index (χ1n) is 10.4. The number of aromatic amines is 1. The first-order valence-corrected chi connectivity index (χ1v) is 10.7. The molecule has 0 radical (unpaired) electrons. The van der Waals surface area contributed by atoms with Crippen LogP contribution in [0.1, 0.15) is 45.1 Å². The molecule has 2 heterocycles. The van der Waals surface area contributed by atoms with E-state index >= 15 is 0 Å². The summed E-state index contributed by atoms with van der Waals surface area (Å²) in [5.41, 5.74) is 0.826. The molecule has 0 saturated heterocycles. The number of fused-ring (bicyclic) bond motifs is 1. The van der Waals surface area contributed by atoms with Gasteiger partial charge in [-0.15, -0.1) is 12.4 Å². The number of carbonyl (C=O) groups excluding carboxylic acids is 2. The van der Waals surface area contributed by atoms with Gasteiger partial charge in [-0.3, -0.25) is 19.4 Å². The topological polar surface area (TPSA) is 134 Å². The molecule has 1 atom stereocenters. The van der Waals surface area contributed by atoms with Crippen LogP contribution in [0.4, 0.5) is 5.69 Å². The zero-order chi connectivity index (χ0) is 24.4. The number of hydrogen-bond acceptors (Lipinski definition) is 6. The van der Waals surface area contributed by atoms with Crippen molar-refractivity contribution in [2.45, 2.75) is 19.9 Å². The number of nitrogens with one attached hydrogen (secondary N) is 2. The summed E-state index contributed by atoms with van der Waals surface area (Å²) in [6, 6.07) is 14.8. The summed E-state index contributed by atoms with van der Waals surface area (Å²) in [5, 5.41) is 4.40. The van der Waals surface area contributed by atoms with E-state index in [1.807, 2.05) is 37.3 Å². The Kier molecular flexibility index (Phi) is 7.85. The van der Waals surface area contributed by atoms with Crippen molar-refractivity contribution in [2.75, 3.05) is 5.32 Å². The molecule has 0 aliphatic rings. The molecule has 4 rings (SSSR count). The van der Waals surface area contributed by atoms with E-state index in [1.54, 1.807) is 6.92 Å². The summed E-state index contributed by atoms with van der Waals surface area (Å²) in [4.78, 5) is 49.1. The van der Waals surface area contributed by atoms with Crippen LogP contribution < -0.4 is 16.7 Å². The first kappa shape index (κ1) is 25.8. The number of amides is 2. The second kappa shape index (κ2) is 10.6. The maximum absolute atomic E-state index is 13.0. The maximum atomic E-state index is 13.0. The van der Waals surface area contributed by atoms with Crippen molar-refractivity contribution in [3.05, 3.63) is 98.7 Å². The molecule has 0 fully saturated rings. The van der Waals surface area contributed by atoms with E-state index < -0.39 is 17.4 Å². The molecule has 2 aromatic heterocycles. The van der Waals surface area contributed by atoms with Crippen molar-refractivity contribution in [2.24, 2.45) is 5.84 Å². The molecule has 0 aliphatic heterocycles. The Hall–Kier alpha value is -3.79. The smallest absolute Gasteiger partial charge is 0.268 e. The van der Waals surface area contributed by atoms with Crippen LogP contribution in [0, 0.1) is 6.92 Å².